The smallest absolute Gasteiger partial charge is 0.191 e. The molecule has 3 aromatic rings. The first-order valence-corrected chi connectivity index (χ1v) is 9.62. The molecule has 0 unspecified atom stereocenters. The van der Waals surface area contributed by atoms with Crippen LogP contribution in [0.15, 0.2) is 41.0 Å². The number of halogens is 1. The van der Waals surface area contributed by atoms with Gasteiger partial charge in [0.2, 0.25) is 0 Å². The number of anilines is 1. The number of nitrogens with zero attached hydrogens (tertiary/aromatic N) is 5. The molecule has 150 valence electrons. The van der Waals surface area contributed by atoms with E-state index >= 15 is 0 Å². The van der Waals surface area contributed by atoms with Crippen molar-refractivity contribution in [2.24, 2.45) is 4.99 Å². The van der Waals surface area contributed by atoms with E-state index in [1.165, 1.54) is 6.33 Å². The predicted octanol–water partition coefficient (Wildman–Crippen LogP) is 2.87. The second-order valence-corrected chi connectivity index (χ2v) is 6.94. The van der Waals surface area contributed by atoms with Crippen molar-refractivity contribution in [3.8, 4) is 11.4 Å². The number of rotatable bonds is 7. The lowest BCUT2D eigenvalue weighted by molar-refractivity contribution is 0.803. The highest BCUT2D eigenvalue weighted by atomic mass is 127. The van der Waals surface area contributed by atoms with Gasteiger partial charge in [0.05, 0.1) is 18.8 Å². The summed E-state index contributed by atoms with van der Waals surface area (Å²) < 4.78 is 0. The summed E-state index contributed by atoms with van der Waals surface area (Å²) in [6.07, 6.45) is 1.51. The van der Waals surface area contributed by atoms with Crippen molar-refractivity contribution in [2.75, 3.05) is 25.5 Å². The van der Waals surface area contributed by atoms with E-state index in [0.717, 1.165) is 40.3 Å². The minimum atomic E-state index is 0. The molecule has 10 heteroatoms. The summed E-state index contributed by atoms with van der Waals surface area (Å²) >= 11 is 1.63. The van der Waals surface area contributed by atoms with Crippen molar-refractivity contribution in [1.82, 2.24) is 30.8 Å². The average molecular weight is 512 g/mol. The first-order valence-electron chi connectivity index (χ1n) is 8.74. The summed E-state index contributed by atoms with van der Waals surface area (Å²) in [4.78, 5) is 15.5. The Labute approximate surface area is 185 Å². The van der Waals surface area contributed by atoms with E-state index in [1.54, 1.807) is 11.3 Å². The van der Waals surface area contributed by atoms with Crippen molar-refractivity contribution in [3.05, 3.63) is 47.2 Å². The SMILES string of the molecule is CCNC(=NCc1cccc(-c2ncn[nH]2)c1)NCc1csc(N(C)C)n1.I. The Morgan fingerprint density at radius 1 is 1.29 bits per heavy atom. The number of hydrogen-bond donors (Lipinski definition) is 3. The molecule has 3 rings (SSSR count). The highest BCUT2D eigenvalue weighted by molar-refractivity contribution is 14.0. The van der Waals surface area contributed by atoms with Gasteiger partial charge < -0.3 is 15.5 Å². The van der Waals surface area contributed by atoms with Gasteiger partial charge >= 0.3 is 0 Å². The van der Waals surface area contributed by atoms with E-state index in [-0.39, 0.29) is 24.0 Å². The Morgan fingerprint density at radius 2 is 2.14 bits per heavy atom. The number of nitrogens with one attached hydrogen (secondary N) is 3. The molecule has 28 heavy (non-hydrogen) atoms. The molecule has 0 fully saturated rings. The summed E-state index contributed by atoms with van der Waals surface area (Å²) in [5.41, 5.74) is 3.10. The molecule has 8 nitrogen and oxygen atoms in total. The van der Waals surface area contributed by atoms with Crippen molar-refractivity contribution >= 4 is 46.4 Å². The molecule has 2 heterocycles. The van der Waals surface area contributed by atoms with Gasteiger partial charge in [-0.15, -0.1) is 35.3 Å². The second-order valence-electron chi connectivity index (χ2n) is 6.10. The molecule has 1 aromatic carbocycles. The number of aliphatic imine (C=N–C) groups is 1. The van der Waals surface area contributed by atoms with E-state index < -0.39 is 0 Å². The van der Waals surface area contributed by atoms with Crippen LogP contribution in [0.2, 0.25) is 0 Å². The zero-order valence-corrected chi connectivity index (χ0v) is 19.3. The summed E-state index contributed by atoms with van der Waals surface area (Å²) in [5, 5.41) is 16.5. The van der Waals surface area contributed by atoms with Gasteiger partial charge in [0.1, 0.15) is 6.33 Å². The molecule has 3 N–H and O–H groups in total. The highest BCUT2D eigenvalue weighted by Crippen LogP contribution is 2.18. The normalized spacial score (nSPS) is 11.0. The van der Waals surface area contributed by atoms with Gasteiger partial charge in [-0.25, -0.2) is 15.0 Å². The zero-order chi connectivity index (χ0) is 19.1. The highest BCUT2D eigenvalue weighted by Gasteiger charge is 2.05. The van der Waals surface area contributed by atoms with Gasteiger partial charge in [-0.2, -0.15) is 5.10 Å². The van der Waals surface area contributed by atoms with Crippen molar-refractivity contribution in [2.45, 2.75) is 20.0 Å². The summed E-state index contributed by atoms with van der Waals surface area (Å²) in [7, 11) is 3.99. The molecule has 0 radical (unpaired) electrons. The first kappa shape index (κ1) is 22.1. The largest absolute Gasteiger partial charge is 0.357 e. The number of guanidine groups is 1. The van der Waals surface area contributed by atoms with Crippen LogP contribution in [-0.2, 0) is 13.1 Å². The Hall–Kier alpha value is -2.21. The van der Waals surface area contributed by atoms with Crippen LogP contribution in [-0.4, -0.2) is 46.8 Å². The van der Waals surface area contributed by atoms with E-state index in [2.05, 4.69) is 60.2 Å². The third-order valence-corrected chi connectivity index (χ3v) is 4.80. The van der Waals surface area contributed by atoms with Gasteiger partial charge in [0.15, 0.2) is 16.9 Å². The molecule has 0 atom stereocenters. The number of hydrogen-bond acceptors (Lipinski definition) is 6. The van der Waals surface area contributed by atoms with E-state index in [4.69, 9.17) is 0 Å². The maximum Gasteiger partial charge on any atom is 0.191 e. The third kappa shape index (κ3) is 6.16. The molecule has 0 aliphatic carbocycles. The minimum Gasteiger partial charge on any atom is -0.357 e. The fourth-order valence-corrected chi connectivity index (χ4v) is 3.19. The predicted molar refractivity (Wildman–Crippen MR) is 125 cm³/mol. The van der Waals surface area contributed by atoms with Crippen LogP contribution in [0, 0.1) is 0 Å². The quantitative estimate of drug-likeness (QED) is 0.256. The summed E-state index contributed by atoms with van der Waals surface area (Å²) in [5.74, 6) is 1.52. The molecular weight excluding hydrogens is 487 g/mol. The second kappa shape index (κ2) is 11.0. The van der Waals surface area contributed by atoms with Crippen LogP contribution in [0.1, 0.15) is 18.2 Å². The number of benzene rings is 1. The molecule has 0 saturated heterocycles. The lowest BCUT2D eigenvalue weighted by atomic mass is 10.1. The molecule has 0 amide bonds. The third-order valence-electron chi connectivity index (χ3n) is 3.74. The molecule has 0 aliphatic heterocycles. The molecular formula is C18H25IN8S. The average Bonchev–Trinajstić information content (AvgIpc) is 3.36. The van der Waals surface area contributed by atoms with E-state index in [1.807, 2.05) is 31.1 Å². The maximum atomic E-state index is 4.68. The van der Waals surface area contributed by atoms with E-state index in [9.17, 15) is 0 Å². The molecule has 2 aromatic heterocycles. The monoisotopic (exact) mass is 512 g/mol. The number of aromatic amines is 1. The van der Waals surface area contributed by atoms with Crippen LogP contribution >= 0.6 is 35.3 Å². The Kier molecular flexibility index (Phi) is 8.64. The van der Waals surface area contributed by atoms with E-state index in [0.29, 0.717) is 13.1 Å². The summed E-state index contributed by atoms with van der Waals surface area (Å²) in [6, 6.07) is 8.12. The molecule has 0 saturated carbocycles. The van der Waals surface area contributed by atoms with Crippen LogP contribution < -0.4 is 15.5 Å². The lowest BCUT2D eigenvalue weighted by Gasteiger charge is -2.10. The Morgan fingerprint density at radius 3 is 2.82 bits per heavy atom. The van der Waals surface area contributed by atoms with Gasteiger partial charge in [0, 0.05) is 31.6 Å². The first-order chi connectivity index (χ1) is 13.2. The van der Waals surface area contributed by atoms with Crippen molar-refractivity contribution < 1.29 is 0 Å². The molecule has 0 spiro atoms. The fraction of sp³-hybridized carbons (Fsp3) is 0.333. The van der Waals surface area contributed by atoms with Gasteiger partial charge in [-0.1, -0.05) is 18.2 Å². The van der Waals surface area contributed by atoms with Crippen LogP contribution in [0.5, 0.6) is 0 Å². The Bertz CT molecular complexity index is 875. The maximum absolute atomic E-state index is 4.68. The Balaban J connectivity index is 0.00000280. The van der Waals surface area contributed by atoms with Crippen LogP contribution in [0.25, 0.3) is 11.4 Å². The van der Waals surface area contributed by atoms with Crippen LogP contribution in [0.4, 0.5) is 5.13 Å². The zero-order valence-electron chi connectivity index (χ0n) is 16.1. The van der Waals surface area contributed by atoms with Gasteiger partial charge in [-0.05, 0) is 18.6 Å². The number of thiazole rings is 1. The number of H-pyrrole nitrogens is 1. The molecule has 0 aliphatic rings. The topological polar surface area (TPSA) is 94.1 Å². The fourth-order valence-electron chi connectivity index (χ4n) is 2.43. The molecule has 0 bridgehead atoms. The standard InChI is InChI=1S/C18H24N8S.HI/c1-4-19-17(21-10-15-11-27-18(24-15)26(2)3)20-9-13-6-5-7-14(8-13)16-22-12-23-25-16;/h5-8,11-12H,4,9-10H2,1-3H3,(H2,19,20,21)(H,22,23,25);1H. The summed E-state index contributed by atoms with van der Waals surface area (Å²) in [6.45, 7) is 4.05. The van der Waals surface area contributed by atoms with Crippen molar-refractivity contribution in [3.63, 3.8) is 0 Å². The van der Waals surface area contributed by atoms with Gasteiger partial charge in [0.25, 0.3) is 0 Å². The van der Waals surface area contributed by atoms with Gasteiger partial charge in [-0.3, -0.25) is 5.10 Å². The minimum absolute atomic E-state index is 0. The van der Waals surface area contributed by atoms with Crippen molar-refractivity contribution in [1.29, 1.82) is 0 Å². The number of aromatic nitrogens is 4. The lowest BCUT2D eigenvalue weighted by Crippen LogP contribution is -2.36. The van der Waals surface area contributed by atoms with Crippen LogP contribution in [0.3, 0.4) is 0 Å².